The van der Waals surface area contributed by atoms with Gasteiger partial charge in [-0.3, -0.25) is 4.79 Å². The summed E-state index contributed by atoms with van der Waals surface area (Å²) in [5, 5.41) is 3.26. The molecule has 1 aromatic rings. The summed E-state index contributed by atoms with van der Waals surface area (Å²) in [5.41, 5.74) is 1.24. The summed E-state index contributed by atoms with van der Waals surface area (Å²) in [4.78, 5) is 11.8. The molecule has 19 heavy (non-hydrogen) atoms. The predicted octanol–water partition coefficient (Wildman–Crippen LogP) is 1.64. The summed E-state index contributed by atoms with van der Waals surface area (Å²) in [6, 6.07) is 8.05. The summed E-state index contributed by atoms with van der Waals surface area (Å²) in [7, 11) is 3.12. The summed E-state index contributed by atoms with van der Waals surface area (Å²) in [5.74, 6) is 1.06. The van der Waals surface area contributed by atoms with Crippen molar-refractivity contribution in [1.82, 2.24) is 5.32 Å². The van der Waals surface area contributed by atoms with Gasteiger partial charge in [0.2, 0.25) is 0 Å². The Hall–Kier alpha value is -1.55. The minimum Gasteiger partial charge on any atom is -0.497 e. The van der Waals surface area contributed by atoms with E-state index in [1.54, 1.807) is 7.11 Å². The second-order valence-corrected chi connectivity index (χ2v) is 4.93. The second kappa shape index (κ2) is 6.57. The first-order chi connectivity index (χ1) is 9.24. The lowest BCUT2D eigenvalue weighted by atomic mass is 9.82. The molecule has 0 aromatic heterocycles. The molecule has 0 spiro atoms. The third-order valence-electron chi connectivity index (χ3n) is 3.79. The van der Waals surface area contributed by atoms with Gasteiger partial charge in [0, 0.05) is 6.54 Å². The lowest BCUT2D eigenvalue weighted by Gasteiger charge is -2.30. The van der Waals surface area contributed by atoms with Crippen LogP contribution in [0.4, 0.5) is 0 Å². The molecule has 2 unspecified atom stereocenters. The van der Waals surface area contributed by atoms with Crippen LogP contribution >= 0.6 is 0 Å². The number of carbonyl (C=O) groups excluding carboxylic acids is 1. The normalized spacial score (nSPS) is 22.8. The van der Waals surface area contributed by atoms with E-state index < -0.39 is 0 Å². The van der Waals surface area contributed by atoms with Crippen LogP contribution in [0.2, 0.25) is 0 Å². The minimum atomic E-state index is -0.106. The van der Waals surface area contributed by atoms with Crippen molar-refractivity contribution in [2.75, 3.05) is 27.3 Å². The highest BCUT2D eigenvalue weighted by Gasteiger charge is 2.31. The zero-order valence-electron chi connectivity index (χ0n) is 11.5. The van der Waals surface area contributed by atoms with Crippen molar-refractivity contribution >= 4 is 5.97 Å². The summed E-state index contributed by atoms with van der Waals surface area (Å²) < 4.78 is 10.0. The van der Waals surface area contributed by atoms with Crippen molar-refractivity contribution in [2.24, 2.45) is 11.8 Å². The molecule has 1 N–H and O–H groups in total. The van der Waals surface area contributed by atoms with Crippen LogP contribution in [-0.2, 0) is 16.0 Å². The molecule has 1 aliphatic heterocycles. The molecule has 0 aliphatic carbocycles. The molecule has 4 heteroatoms. The lowest BCUT2D eigenvalue weighted by Crippen LogP contribution is -2.42. The highest BCUT2D eigenvalue weighted by Crippen LogP contribution is 2.25. The van der Waals surface area contributed by atoms with Gasteiger partial charge in [-0.15, -0.1) is 0 Å². The SMILES string of the molecule is COC(=O)C1CNCCC1Cc1ccc(OC)cc1. The first-order valence-corrected chi connectivity index (χ1v) is 6.66. The van der Waals surface area contributed by atoms with E-state index in [1.165, 1.54) is 12.7 Å². The molecule has 1 fully saturated rings. The van der Waals surface area contributed by atoms with E-state index in [4.69, 9.17) is 9.47 Å². The minimum absolute atomic E-state index is 0.0409. The van der Waals surface area contributed by atoms with Crippen molar-refractivity contribution in [2.45, 2.75) is 12.8 Å². The number of hydrogen-bond acceptors (Lipinski definition) is 4. The number of nitrogens with one attached hydrogen (secondary N) is 1. The number of hydrogen-bond donors (Lipinski definition) is 1. The zero-order chi connectivity index (χ0) is 13.7. The maximum atomic E-state index is 11.8. The van der Waals surface area contributed by atoms with Gasteiger partial charge in [0.25, 0.3) is 0 Å². The third kappa shape index (κ3) is 3.47. The van der Waals surface area contributed by atoms with E-state index in [0.29, 0.717) is 12.5 Å². The van der Waals surface area contributed by atoms with Crippen LogP contribution in [0, 0.1) is 11.8 Å². The Kier molecular flexibility index (Phi) is 4.80. The van der Waals surface area contributed by atoms with Gasteiger partial charge in [-0.1, -0.05) is 12.1 Å². The van der Waals surface area contributed by atoms with Crippen molar-refractivity contribution < 1.29 is 14.3 Å². The van der Waals surface area contributed by atoms with Crippen LogP contribution < -0.4 is 10.1 Å². The van der Waals surface area contributed by atoms with Crippen LogP contribution in [0.15, 0.2) is 24.3 Å². The predicted molar refractivity (Wildman–Crippen MR) is 73.2 cm³/mol. The van der Waals surface area contributed by atoms with Gasteiger partial charge in [0.05, 0.1) is 20.1 Å². The summed E-state index contributed by atoms with van der Waals surface area (Å²) >= 11 is 0. The molecule has 0 radical (unpaired) electrons. The standard InChI is InChI=1S/C15H21NO3/c1-18-13-5-3-11(4-6-13)9-12-7-8-16-10-14(12)15(17)19-2/h3-6,12,14,16H,7-10H2,1-2H3. The molecular weight excluding hydrogens is 242 g/mol. The monoisotopic (exact) mass is 263 g/mol. The Morgan fingerprint density at radius 3 is 2.68 bits per heavy atom. The fraction of sp³-hybridized carbons (Fsp3) is 0.533. The van der Waals surface area contributed by atoms with E-state index in [2.05, 4.69) is 17.4 Å². The van der Waals surface area contributed by atoms with Crippen molar-refractivity contribution in [3.63, 3.8) is 0 Å². The maximum Gasteiger partial charge on any atom is 0.310 e. The second-order valence-electron chi connectivity index (χ2n) is 4.93. The Morgan fingerprint density at radius 1 is 1.32 bits per heavy atom. The quantitative estimate of drug-likeness (QED) is 0.839. The Balaban J connectivity index is 2.03. The molecule has 1 heterocycles. The Labute approximate surface area is 114 Å². The van der Waals surface area contributed by atoms with Crippen LogP contribution in [0.3, 0.4) is 0 Å². The molecule has 2 rings (SSSR count). The first kappa shape index (κ1) is 13.9. The zero-order valence-corrected chi connectivity index (χ0v) is 11.5. The highest BCUT2D eigenvalue weighted by atomic mass is 16.5. The first-order valence-electron chi connectivity index (χ1n) is 6.66. The van der Waals surface area contributed by atoms with Gasteiger partial charge in [0.1, 0.15) is 5.75 Å². The molecule has 2 atom stereocenters. The molecule has 1 aromatic carbocycles. The molecule has 1 saturated heterocycles. The number of esters is 1. The van der Waals surface area contributed by atoms with Gasteiger partial charge in [-0.25, -0.2) is 0 Å². The average molecular weight is 263 g/mol. The van der Waals surface area contributed by atoms with E-state index in [0.717, 1.165) is 25.1 Å². The van der Waals surface area contributed by atoms with E-state index in [-0.39, 0.29) is 11.9 Å². The molecule has 1 aliphatic rings. The maximum absolute atomic E-state index is 11.8. The van der Waals surface area contributed by atoms with E-state index in [1.807, 2.05) is 12.1 Å². The Morgan fingerprint density at radius 2 is 2.05 bits per heavy atom. The number of benzene rings is 1. The van der Waals surface area contributed by atoms with Gasteiger partial charge >= 0.3 is 5.97 Å². The topological polar surface area (TPSA) is 47.6 Å². The molecule has 4 nitrogen and oxygen atoms in total. The van der Waals surface area contributed by atoms with Crippen LogP contribution in [0.5, 0.6) is 5.75 Å². The molecular formula is C15H21NO3. The lowest BCUT2D eigenvalue weighted by molar-refractivity contribution is -0.148. The molecule has 0 saturated carbocycles. The fourth-order valence-electron chi connectivity index (χ4n) is 2.65. The van der Waals surface area contributed by atoms with Crippen LogP contribution in [0.25, 0.3) is 0 Å². The van der Waals surface area contributed by atoms with Crippen LogP contribution in [0.1, 0.15) is 12.0 Å². The van der Waals surface area contributed by atoms with Gasteiger partial charge in [-0.05, 0) is 43.0 Å². The highest BCUT2D eigenvalue weighted by molar-refractivity contribution is 5.73. The van der Waals surface area contributed by atoms with Gasteiger partial charge < -0.3 is 14.8 Å². The van der Waals surface area contributed by atoms with Gasteiger partial charge in [-0.2, -0.15) is 0 Å². The van der Waals surface area contributed by atoms with Crippen molar-refractivity contribution in [3.8, 4) is 5.75 Å². The number of methoxy groups -OCH3 is 2. The Bertz CT molecular complexity index is 416. The van der Waals surface area contributed by atoms with E-state index >= 15 is 0 Å². The third-order valence-corrected chi connectivity index (χ3v) is 3.79. The van der Waals surface area contributed by atoms with E-state index in [9.17, 15) is 4.79 Å². The number of piperidine rings is 1. The summed E-state index contributed by atoms with van der Waals surface area (Å²) in [6.45, 7) is 1.68. The fourth-order valence-corrected chi connectivity index (χ4v) is 2.65. The van der Waals surface area contributed by atoms with Crippen molar-refractivity contribution in [3.05, 3.63) is 29.8 Å². The molecule has 0 bridgehead atoms. The number of carbonyl (C=O) groups is 1. The summed E-state index contributed by atoms with van der Waals surface area (Å²) in [6.07, 6.45) is 1.91. The van der Waals surface area contributed by atoms with Crippen molar-refractivity contribution in [1.29, 1.82) is 0 Å². The smallest absolute Gasteiger partial charge is 0.310 e. The van der Waals surface area contributed by atoms with Crippen LogP contribution in [-0.4, -0.2) is 33.3 Å². The average Bonchev–Trinajstić information content (AvgIpc) is 2.48. The number of ether oxygens (including phenoxy) is 2. The largest absolute Gasteiger partial charge is 0.497 e. The molecule has 0 amide bonds. The number of rotatable bonds is 4. The van der Waals surface area contributed by atoms with Gasteiger partial charge in [0.15, 0.2) is 0 Å². The molecule has 104 valence electrons.